The maximum atomic E-state index is 5.36. The molecule has 0 unspecified atom stereocenters. The lowest BCUT2D eigenvalue weighted by atomic mass is 10.3. The highest BCUT2D eigenvalue weighted by Crippen LogP contribution is 2.36. The summed E-state index contributed by atoms with van der Waals surface area (Å²) in [4.78, 5) is 4.44. The Morgan fingerprint density at radius 3 is 2.62 bits per heavy atom. The van der Waals surface area contributed by atoms with Crippen molar-refractivity contribution in [1.29, 1.82) is 0 Å². The molecule has 1 aliphatic rings. The predicted octanol–water partition coefficient (Wildman–Crippen LogP) is -0.529. The van der Waals surface area contributed by atoms with E-state index in [4.69, 9.17) is 11.6 Å². The summed E-state index contributed by atoms with van der Waals surface area (Å²) in [6, 6.07) is 0. The van der Waals surface area contributed by atoms with E-state index < -0.39 is 0 Å². The molecule has 48 valence electrons. The van der Waals surface area contributed by atoms with Crippen LogP contribution in [-0.4, -0.2) is 13.2 Å². The van der Waals surface area contributed by atoms with Crippen molar-refractivity contribution in [2.45, 2.75) is 6.42 Å². The maximum absolute atomic E-state index is 5.36. The second-order valence-corrected chi connectivity index (χ2v) is 2.32. The lowest BCUT2D eigenvalue weighted by Crippen LogP contribution is -2.08. The molecule has 0 saturated heterocycles. The zero-order valence-corrected chi connectivity index (χ0v) is 4.84. The van der Waals surface area contributed by atoms with Gasteiger partial charge in [-0.3, -0.25) is 0 Å². The second kappa shape index (κ2) is 2.44. The number of hydrogen-bond acceptors (Lipinski definition) is 3. The van der Waals surface area contributed by atoms with E-state index in [1.54, 1.807) is 0 Å². The molecule has 2 atom stereocenters. The van der Waals surface area contributed by atoms with Crippen LogP contribution >= 0.6 is 0 Å². The number of hydrogen-bond donors (Lipinski definition) is 2. The van der Waals surface area contributed by atoms with Gasteiger partial charge in [0.05, 0.1) is 6.61 Å². The summed E-state index contributed by atoms with van der Waals surface area (Å²) in [5, 5.41) is 0. The number of rotatable bonds is 3. The molecule has 0 aliphatic heterocycles. The first-order valence-electron chi connectivity index (χ1n) is 2.90. The van der Waals surface area contributed by atoms with Crippen LogP contribution in [0.4, 0.5) is 0 Å². The van der Waals surface area contributed by atoms with Gasteiger partial charge in [0.2, 0.25) is 0 Å². The van der Waals surface area contributed by atoms with Crippen molar-refractivity contribution in [3.63, 3.8) is 0 Å². The first kappa shape index (κ1) is 6.01. The summed E-state index contributed by atoms with van der Waals surface area (Å²) in [6.07, 6.45) is 1.20. The minimum atomic E-state index is 0.657. The SMILES string of the molecule is NC[C@@H]1C[C@H]1CON. The summed E-state index contributed by atoms with van der Waals surface area (Å²) < 4.78 is 0. The van der Waals surface area contributed by atoms with Crippen LogP contribution in [0.25, 0.3) is 0 Å². The van der Waals surface area contributed by atoms with Gasteiger partial charge in [-0.05, 0) is 24.8 Å². The fourth-order valence-electron chi connectivity index (χ4n) is 0.927. The molecule has 0 bridgehead atoms. The maximum Gasteiger partial charge on any atom is 0.0710 e. The molecule has 1 fully saturated rings. The van der Waals surface area contributed by atoms with Crippen molar-refractivity contribution >= 4 is 0 Å². The molecule has 0 aromatic rings. The van der Waals surface area contributed by atoms with Crippen LogP contribution in [0.3, 0.4) is 0 Å². The highest BCUT2D eigenvalue weighted by Gasteiger charge is 2.35. The molecule has 1 aliphatic carbocycles. The van der Waals surface area contributed by atoms with Crippen molar-refractivity contribution < 1.29 is 4.84 Å². The van der Waals surface area contributed by atoms with Gasteiger partial charge < -0.3 is 10.6 Å². The monoisotopic (exact) mass is 116 g/mol. The van der Waals surface area contributed by atoms with Crippen molar-refractivity contribution in [3.8, 4) is 0 Å². The van der Waals surface area contributed by atoms with Gasteiger partial charge in [-0.1, -0.05) is 0 Å². The normalized spacial score (nSPS) is 35.2. The molecule has 1 saturated carbocycles. The zero-order chi connectivity index (χ0) is 5.98. The molecule has 0 amide bonds. The van der Waals surface area contributed by atoms with Gasteiger partial charge in [0, 0.05) is 0 Å². The van der Waals surface area contributed by atoms with Crippen LogP contribution in [0.2, 0.25) is 0 Å². The Kier molecular flexibility index (Phi) is 1.83. The van der Waals surface area contributed by atoms with E-state index in [1.165, 1.54) is 6.42 Å². The van der Waals surface area contributed by atoms with Gasteiger partial charge in [0.1, 0.15) is 0 Å². The molecule has 0 radical (unpaired) electrons. The molecule has 8 heavy (non-hydrogen) atoms. The van der Waals surface area contributed by atoms with Crippen LogP contribution in [0, 0.1) is 11.8 Å². The fraction of sp³-hybridized carbons (Fsp3) is 1.00. The van der Waals surface area contributed by atoms with E-state index in [1.807, 2.05) is 0 Å². The van der Waals surface area contributed by atoms with Gasteiger partial charge in [-0.15, -0.1) is 0 Å². The summed E-state index contributed by atoms with van der Waals surface area (Å²) in [5.41, 5.74) is 5.36. The molecule has 0 spiro atoms. The molecule has 4 N–H and O–H groups in total. The highest BCUT2D eigenvalue weighted by atomic mass is 16.6. The minimum absolute atomic E-state index is 0.657. The third-order valence-electron chi connectivity index (χ3n) is 1.68. The van der Waals surface area contributed by atoms with E-state index >= 15 is 0 Å². The third kappa shape index (κ3) is 1.18. The highest BCUT2D eigenvalue weighted by molar-refractivity contribution is 4.86. The first-order valence-corrected chi connectivity index (χ1v) is 2.90. The van der Waals surface area contributed by atoms with Crippen molar-refractivity contribution in [1.82, 2.24) is 0 Å². The summed E-state index contributed by atoms with van der Waals surface area (Å²) in [6.45, 7) is 1.47. The summed E-state index contributed by atoms with van der Waals surface area (Å²) in [5.74, 6) is 6.20. The molecule has 1 rings (SSSR count). The van der Waals surface area contributed by atoms with Gasteiger partial charge in [0.15, 0.2) is 0 Å². The van der Waals surface area contributed by atoms with E-state index in [-0.39, 0.29) is 0 Å². The van der Waals surface area contributed by atoms with Gasteiger partial charge in [-0.25, -0.2) is 5.90 Å². The largest absolute Gasteiger partial charge is 0.330 e. The Morgan fingerprint density at radius 1 is 1.50 bits per heavy atom. The molecule has 0 aromatic carbocycles. The fourth-order valence-corrected chi connectivity index (χ4v) is 0.927. The van der Waals surface area contributed by atoms with Gasteiger partial charge in [0.25, 0.3) is 0 Å². The second-order valence-electron chi connectivity index (χ2n) is 2.32. The van der Waals surface area contributed by atoms with Gasteiger partial charge in [-0.2, -0.15) is 0 Å². The van der Waals surface area contributed by atoms with Crippen LogP contribution in [-0.2, 0) is 4.84 Å². The van der Waals surface area contributed by atoms with Crippen LogP contribution in [0.15, 0.2) is 0 Å². The molecule has 3 heteroatoms. The Hall–Kier alpha value is -0.120. The lowest BCUT2D eigenvalue weighted by Gasteiger charge is -1.91. The quantitative estimate of drug-likeness (QED) is 0.487. The van der Waals surface area contributed by atoms with E-state index in [0.717, 1.165) is 6.54 Å². The first-order chi connectivity index (χ1) is 3.88. The Labute approximate surface area is 48.9 Å². The molecule has 0 heterocycles. The van der Waals surface area contributed by atoms with E-state index in [9.17, 15) is 0 Å². The van der Waals surface area contributed by atoms with Gasteiger partial charge >= 0.3 is 0 Å². The van der Waals surface area contributed by atoms with Crippen molar-refractivity contribution in [3.05, 3.63) is 0 Å². The summed E-state index contributed by atoms with van der Waals surface area (Å²) in [7, 11) is 0. The lowest BCUT2D eigenvalue weighted by molar-refractivity contribution is 0.124. The number of nitrogens with two attached hydrogens (primary N) is 2. The molecule has 0 aromatic heterocycles. The average Bonchev–Trinajstić information content (AvgIpc) is 2.48. The van der Waals surface area contributed by atoms with Crippen molar-refractivity contribution in [2.75, 3.05) is 13.2 Å². The van der Waals surface area contributed by atoms with E-state index in [0.29, 0.717) is 18.4 Å². The average molecular weight is 116 g/mol. The molecule has 3 nitrogen and oxygen atoms in total. The van der Waals surface area contributed by atoms with Crippen LogP contribution in [0.1, 0.15) is 6.42 Å². The predicted molar refractivity (Wildman–Crippen MR) is 30.8 cm³/mol. The van der Waals surface area contributed by atoms with Crippen molar-refractivity contribution in [2.24, 2.45) is 23.5 Å². The standard InChI is InChI=1S/C5H12N2O/c6-2-4-1-5(4)3-8-7/h4-5H,1-3,6-7H2/t4-,5-/m0/s1. The van der Waals surface area contributed by atoms with Crippen LogP contribution in [0.5, 0.6) is 0 Å². The third-order valence-corrected chi connectivity index (χ3v) is 1.68. The molecular formula is C5H12N2O. The topological polar surface area (TPSA) is 61.3 Å². The zero-order valence-electron chi connectivity index (χ0n) is 4.84. The minimum Gasteiger partial charge on any atom is -0.330 e. The molecular weight excluding hydrogens is 104 g/mol. The van der Waals surface area contributed by atoms with Crippen LogP contribution < -0.4 is 11.6 Å². The summed E-state index contributed by atoms with van der Waals surface area (Å²) >= 11 is 0. The Balaban J connectivity index is 1.99. The van der Waals surface area contributed by atoms with E-state index in [2.05, 4.69) is 4.84 Å². The Morgan fingerprint density at radius 2 is 2.25 bits per heavy atom. The Bertz CT molecular complexity index is 76.8. The smallest absolute Gasteiger partial charge is 0.0710 e.